The Balaban J connectivity index is 0.000000149. The van der Waals surface area contributed by atoms with Gasteiger partial charge in [0.15, 0.2) is 0 Å². The van der Waals surface area contributed by atoms with Gasteiger partial charge in [-0.3, -0.25) is 0 Å². The van der Waals surface area contributed by atoms with Gasteiger partial charge in [0.2, 0.25) is 0 Å². The first-order chi connectivity index (χ1) is 8.75. The molecule has 1 heterocycles. The lowest BCUT2D eigenvalue weighted by Gasteiger charge is -1.91. The molecule has 0 unspecified atom stereocenters. The van der Waals surface area contributed by atoms with Gasteiger partial charge in [0.1, 0.15) is 5.58 Å². The monoisotopic (exact) mass is 238 g/mol. The number of para-hydroxylation sites is 1. The van der Waals surface area contributed by atoms with Gasteiger partial charge in [0.25, 0.3) is 0 Å². The molecular weight excluding hydrogens is 224 g/mol. The first-order valence-electron chi connectivity index (χ1n) is 5.76. The molecule has 0 radical (unpaired) electrons. The van der Waals surface area contributed by atoms with Gasteiger partial charge in [0, 0.05) is 11.5 Å². The summed E-state index contributed by atoms with van der Waals surface area (Å²) < 4.78 is 4.91. The summed E-state index contributed by atoms with van der Waals surface area (Å²) in [6.45, 7) is 2.08. The van der Waals surface area contributed by atoms with Crippen molar-refractivity contribution in [1.82, 2.24) is 0 Å². The smallest absolute Gasteiger partial charge is 0.336 e. The Morgan fingerprint density at radius 2 is 1.44 bits per heavy atom. The molecule has 0 aliphatic carbocycles. The topological polar surface area (TPSA) is 30.2 Å². The summed E-state index contributed by atoms with van der Waals surface area (Å²) in [6.07, 6.45) is 0. The molecule has 0 aliphatic heterocycles. The largest absolute Gasteiger partial charge is 0.423 e. The maximum absolute atomic E-state index is 10.7. The molecule has 2 aromatic carbocycles. The minimum Gasteiger partial charge on any atom is -0.423 e. The lowest BCUT2D eigenvalue weighted by Crippen LogP contribution is -1.93. The second-order valence-corrected chi connectivity index (χ2v) is 3.95. The Hall–Kier alpha value is -2.35. The average Bonchev–Trinajstić information content (AvgIpc) is 2.40. The molecule has 0 bridgehead atoms. The summed E-state index contributed by atoms with van der Waals surface area (Å²) in [4.78, 5) is 10.7. The van der Waals surface area contributed by atoms with E-state index in [0.29, 0.717) is 5.58 Å². The lowest BCUT2D eigenvalue weighted by molar-refractivity contribution is 0.561. The number of hydrogen-bond acceptors (Lipinski definition) is 2. The fraction of sp³-hybridized carbons (Fsp3) is 0.0625. The highest BCUT2D eigenvalue weighted by Crippen LogP contribution is 2.08. The van der Waals surface area contributed by atoms with Crippen molar-refractivity contribution in [3.63, 3.8) is 0 Å². The first-order valence-corrected chi connectivity index (χ1v) is 5.76. The van der Waals surface area contributed by atoms with Crippen molar-refractivity contribution in [2.75, 3.05) is 0 Å². The molecule has 18 heavy (non-hydrogen) atoms. The van der Waals surface area contributed by atoms with Gasteiger partial charge >= 0.3 is 5.63 Å². The van der Waals surface area contributed by atoms with Gasteiger partial charge in [-0.15, -0.1) is 0 Å². The lowest BCUT2D eigenvalue weighted by atomic mass is 10.2. The molecular formula is C16H14O2. The molecule has 0 spiro atoms. The van der Waals surface area contributed by atoms with Crippen LogP contribution in [0, 0.1) is 6.92 Å². The van der Waals surface area contributed by atoms with E-state index in [1.807, 2.05) is 36.4 Å². The SMILES string of the molecule is Cc1ccccc1.O=c1ccc2ccccc2o1. The van der Waals surface area contributed by atoms with Crippen LogP contribution in [0.3, 0.4) is 0 Å². The highest BCUT2D eigenvalue weighted by atomic mass is 16.4. The third-order valence-corrected chi connectivity index (χ3v) is 2.47. The minimum atomic E-state index is -0.302. The predicted octanol–water partition coefficient (Wildman–Crippen LogP) is 3.79. The standard InChI is InChI=1S/C9H6O2.C7H8/c10-9-6-5-7-3-1-2-4-8(7)11-9;1-7-5-3-2-4-6-7/h1-6H;2-6H,1H3. The van der Waals surface area contributed by atoms with E-state index in [2.05, 4.69) is 19.1 Å². The molecule has 0 aliphatic rings. The Morgan fingerprint density at radius 3 is 2.11 bits per heavy atom. The Morgan fingerprint density at radius 1 is 0.778 bits per heavy atom. The van der Waals surface area contributed by atoms with Crippen molar-refractivity contribution in [3.8, 4) is 0 Å². The number of benzene rings is 2. The molecule has 3 rings (SSSR count). The summed E-state index contributed by atoms with van der Waals surface area (Å²) in [7, 11) is 0. The van der Waals surface area contributed by atoms with Crippen LogP contribution in [-0.2, 0) is 0 Å². The van der Waals surface area contributed by atoms with Crippen LogP contribution in [-0.4, -0.2) is 0 Å². The summed E-state index contributed by atoms with van der Waals surface area (Å²) in [5.41, 5.74) is 1.66. The molecule has 0 atom stereocenters. The van der Waals surface area contributed by atoms with Gasteiger partial charge in [-0.1, -0.05) is 54.1 Å². The van der Waals surface area contributed by atoms with E-state index in [9.17, 15) is 4.79 Å². The van der Waals surface area contributed by atoms with Gasteiger partial charge < -0.3 is 4.42 Å². The molecule has 2 heteroatoms. The fourth-order valence-electron chi connectivity index (χ4n) is 1.55. The van der Waals surface area contributed by atoms with E-state index in [1.54, 1.807) is 12.1 Å². The van der Waals surface area contributed by atoms with E-state index >= 15 is 0 Å². The van der Waals surface area contributed by atoms with Crippen LogP contribution in [0.15, 0.2) is 75.9 Å². The summed E-state index contributed by atoms with van der Waals surface area (Å²) in [6, 6.07) is 20.9. The van der Waals surface area contributed by atoms with Crippen molar-refractivity contribution >= 4 is 11.0 Å². The first kappa shape index (κ1) is 12.1. The maximum atomic E-state index is 10.7. The molecule has 90 valence electrons. The minimum absolute atomic E-state index is 0.302. The van der Waals surface area contributed by atoms with E-state index in [4.69, 9.17) is 4.42 Å². The zero-order valence-electron chi connectivity index (χ0n) is 10.2. The third-order valence-electron chi connectivity index (χ3n) is 2.47. The number of aryl methyl sites for hydroxylation is 1. The average molecular weight is 238 g/mol. The van der Waals surface area contributed by atoms with Gasteiger partial charge in [-0.2, -0.15) is 0 Å². The van der Waals surface area contributed by atoms with Crippen LogP contribution in [0.4, 0.5) is 0 Å². The molecule has 3 aromatic rings. The van der Waals surface area contributed by atoms with Crippen LogP contribution in [0.1, 0.15) is 5.56 Å². The van der Waals surface area contributed by atoms with Crippen molar-refractivity contribution in [3.05, 3.63) is 82.7 Å². The molecule has 0 amide bonds. The van der Waals surface area contributed by atoms with Gasteiger partial charge in [0.05, 0.1) is 0 Å². The zero-order chi connectivity index (χ0) is 12.8. The van der Waals surface area contributed by atoms with Crippen LogP contribution >= 0.6 is 0 Å². The second-order valence-electron chi connectivity index (χ2n) is 3.95. The number of hydrogen-bond donors (Lipinski definition) is 0. The van der Waals surface area contributed by atoms with E-state index in [0.717, 1.165) is 5.39 Å². The maximum Gasteiger partial charge on any atom is 0.336 e. The molecule has 0 N–H and O–H groups in total. The quantitative estimate of drug-likeness (QED) is 0.558. The van der Waals surface area contributed by atoms with Crippen LogP contribution in [0.25, 0.3) is 11.0 Å². The normalized spacial score (nSPS) is 9.61. The second kappa shape index (κ2) is 5.82. The van der Waals surface area contributed by atoms with E-state index in [1.165, 1.54) is 11.6 Å². The van der Waals surface area contributed by atoms with E-state index < -0.39 is 0 Å². The predicted molar refractivity (Wildman–Crippen MR) is 73.7 cm³/mol. The molecule has 0 saturated heterocycles. The number of fused-ring (bicyclic) bond motifs is 1. The van der Waals surface area contributed by atoms with Crippen molar-refractivity contribution in [1.29, 1.82) is 0 Å². The summed E-state index contributed by atoms with van der Waals surface area (Å²) >= 11 is 0. The molecule has 1 aromatic heterocycles. The van der Waals surface area contributed by atoms with Crippen molar-refractivity contribution in [2.45, 2.75) is 6.92 Å². The Labute approximate surface area is 106 Å². The van der Waals surface area contributed by atoms with E-state index in [-0.39, 0.29) is 5.63 Å². The van der Waals surface area contributed by atoms with Gasteiger partial charge in [-0.05, 0) is 19.1 Å². The Kier molecular flexibility index (Phi) is 3.92. The van der Waals surface area contributed by atoms with Crippen LogP contribution in [0.2, 0.25) is 0 Å². The molecule has 2 nitrogen and oxygen atoms in total. The molecule has 0 fully saturated rings. The summed E-state index contributed by atoms with van der Waals surface area (Å²) in [5, 5.41) is 0.951. The summed E-state index contributed by atoms with van der Waals surface area (Å²) in [5.74, 6) is 0. The highest BCUT2D eigenvalue weighted by Gasteiger charge is 1.92. The number of rotatable bonds is 0. The van der Waals surface area contributed by atoms with Crippen molar-refractivity contribution < 1.29 is 4.42 Å². The third kappa shape index (κ3) is 3.32. The Bertz CT molecular complexity index is 669. The van der Waals surface area contributed by atoms with Crippen LogP contribution in [0.5, 0.6) is 0 Å². The highest BCUT2D eigenvalue weighted by molar-refractivity contribution is 5.75. The van der Waals surface area contributed by atoms with Gasteiger partial charge in [-0.25, -0.2) is 4.79 Å². The zero-order valence-corrected chi connectivity index (χ0v) is 10.2. The molecule has 0 saturated carbocycles. The fourth-order valence-corrected chi connectivity index (χ4v) is 1.55. The van der Waals surface area contributed by atoms with Crippen molar-refractivity contribution in [2.24, 2.45) is 0 Å². The van der Waals surface area contributed by atoms with Crippen LogP contribution < -0.4 is 5.63 Å².